The Morgan fingerprint density at radius 2 is 1.79 bits per heavy atom. The molecule has 0 spiro atoms. The third-order valence-corrected chi connectivity index (χ3v) is 3.40. The van der Waals surface area contributed by atoms with Crippen LogP contribution < -0.4 is 5.73 Å². The molecule has 2 aromatic rings. The second-order valence-corrected chi connectivity index (χ2v) is 5.06. The minimum atomic E-state index is -0.569. The summed E-state index contributed by atoms with van der Waals surface area (Å²) >= 11 is 11.6. The molecule has 0 amide bonds. The van der Waals surface area contributed by atoms with Gasteiger partial charge in [-0.1, -0.05) is 35.3 Å². The number of benzene rings is 2. The van der Waals surface area contributed by atoms with Gasteiger partial charge in [0.2, 0.25) is 0 Å². The first kappa shape index (κ1) is 14.3. The van der Waals surface area contributed by atoms with Gasteiger partial charge in [0, 0.05) is 21.7 Å². The van der Waals surface area contributed by atoms with Gasteiger partial charge in [-0.3, -0.25) is 0 Å². The van der Waals surface area contributed by atoms with E-state index < -0.39 is 17.7 Å². The number of halogens is 4. The second kappa shape index (κ2) is 5.87. The summed E-state index contributed by atoms with van der Waals surface area (Å²) in [4.78, 5) is 0. The van der Waals surface area contributed by atoms with Gasteiger partial charge >= 0.3 is 0 Å². The molecule has 0 heterocycles. The highest BCUT2D eigenvalue weighted by atomic mass is 35.5. The number of hydrogen-bond donors (Lipinski definition) is 1. The van der Waals surface area contributed by atoms with E-state index in [4.69, 9.17) is 28.9 Å². The van der Waals surface area contributed by atoms with Crippen LogP contribution in [0.25, 0.3) is 0 Å². The highest BCUT2D eigenvalue weighted by Crippen LogP contribution is 2.25. The number of nitrogens with two attached hydrogens (primary N) is 1. The largest absolute Gasteiger partial charge is 0.324 e. The van der Waals surface area contributed by atoms with Gasteiger partial charge in [-0.05, 0) is 36.2 Å². The van der Waals surface area contributed by atoms with E-state index in [0.29, 0.717) is 22.6 Å². The maximum Gasteiger partial charge on any atom is 0.129 e. The SMILES string of the molecule is NC(Cc1ccc(F)cc1Cl)c1ccc(Cl)cc1F. The third kappa shape index (κ3) is 3.44. The average Bonchev–Trinajstić information content (AvgIpc) is 2.32. The summed E-state index contributed by atoms with van der Waals surface area (Å²) in [7, 11) is 0. The first-order valence-electron chi connectivity index (χ1n) is 5.62. The van der Waals surface area contributed by atoms with E-state index in [1.807, 2.05) is 0 Å². The van der Waals surface area contributed by atoms with Crippen molar-refractivity contribution in [2.24, 2.45) is 5.73 Å². The van der Waals surface area contributed by atoms with Crippen LogP contribution in [0.5, 0.6) is 0 Å². The van der Waals surface area contributed by atoms with Gasteiger partial charge < -0.3 is 5.73 Å². The van der Waals surface area contributed by atoms with Crippen molar-refractivity contribution in [2.75, 3.05) is 0 Å². The van der Waals surface area contributed by atoms with Gasteiger partial charge in [-0.25, -0.2) is 8.78 Å². The van der Waals surface area contributed by atoms with Crippen molar-refractivity contribution >= 4 is 23.2 Å². The quantitative estimate of drug-likeness (QED) is 0.886. The van der Waals surface area contributed by atoms with E-state index in [9.17, 15) is 8.78 Å². The van der Waals surface area contributed by atoms with Crippen LogP contribution in [-0.4, -0.2) is 0 Å². The Morgan fingerprint density at radius 3 is 2.42 bits per heavy atom. The van der Waals surface area contributed by atoms with Crippen LogP contribution in [0.1, 0.15) is 17.2 Å². The molecule has 0 saturated heterocycles. The normalized spacial score (nSPS) is 12.5. The minimum Gasteiger partial charge on any atom is -0.324 e. The minimum absolute atomic E-state index is 0.282. The Kier molecular flexibility index (Phi) is 4.40. The summed E-state index contributed by atoms with van der Waals surface area (Å²) in [6.07, 6.45) is 0.317. The maximum absolute atomic E-state index is 13.7. The highest BCUT2D eigenvalue weighted by Gasteiger charge is 2.14. The molecule has 1 nitrogen and oxygen atoms in total. The molecular formula is C14H11Cl2F2N. The fraction of sp³-hybridized carbons (Fsp3) is 0.143. The Morgan fingerprint density at radius 1 is 1.05 bits per heavy atom. The summed E-state index contributed by atoms with van der Waals surface area (Å²) in [5, 5.41) is 0.595. The van der Waals surface area contributed by atoms with Crippen molar-refractivity contribution in [3.8, 4) is 0 Å². The zero-order valence-electron chi connectivity index (χ0n) is 9.84. The van der Waals surface area contributed by atoms with Crippen LogP contribution >= 0.6 is 23.2 Å². The summed E-state index contributed by atoms with van der Waals surface area (Å²) in [6.45, 7) is 0. The first-order valence-corrected chi connectivity index (χ1v) is 6.37. The van der Waals surface area contributed by atoms with E-state index >= 15 is 0 Å². The molecule has 19 heavy (non-hydrogen) atoms. The number of hydrogen-bond acceptors (Lipinski definition) is 1. The van der Waals surface area contributed by atoms with Gasteiger partial charge in [0.05, 0.1) is 0 Å². The molecule has 1 atom stereocenters. The van der Waals surface area contributed by atoms with Gasteiger partial charge in [0.25, 0.3) is 0 Å². The molecule has 0 aliphatic carbocycles. The Bertz CT molecular complexity index is 602. The molecule has 0 aliphatic heterocycles. The Balaban J connectivity index is 2.23. The van der Waals surface area contributed by atoms with E-state index in [2.05, 4.69) is 0 Å². The lowest BCUT2D eigenvalue weighted by Crippen LogP contribution is -2.15. The molecule has 0 saturated carbocycles. The Labute approximate surface area is 119 Å². The molecule has 0 aliphatic rings. The maximum atomic E-state index is 13.7. The van der Waals surface area contributed by atoms with Gasteiger partial charge in [0.15, 0.2) is 0 Å². The third-order valence-electron chi connectivity index (χ3n) is 2.82. The first-order chi connectivity index (χ1) is 8.97. The molecule has 0 fully saturated rings. The van der Waals surface area contributed by atoms with E-state index in [1.165, 1.54) is 18.2 Å². The summed E-state index contributed by atoms with van der Waals surface area (Å²) in [5.41, 5.74) is 6.97. The van der Waals surface area contributed by atoms with Crippen molar-refractivity contribution in [1.82, 2.24) is 0 Å². The van der Waals surface area contributed by atoms with Crippen LogP contribution in [0.4, 0.5) is 8.78 Å². The second-order valence-electron chi connectivity index (χ2n) is 4.21. The van der Waals surface area contributed by atoms with Crippen LogP contribution in [0, 0.1) is 11.6 Å². The van der Waals surface area contributed by atoms with E-state index in [1.54, 1.807) is 18.2 Å². The highest BCUT2D eigenvalue weighted by molar-refractivity contribution is 6.31. The van der Waals surface area contributed by atoms with E-state index in [-0.39, 0.29) is 5.02 Å². The van der Waals surface area contributed by atoms with E-state index in [0.717, 1.165) is 0 Å². The molecule has 2 N–H and O–H groups in total. The zero-order valence-corrected chi connectivity index (χ0v) is 11.3. The van der Waals surface area contributed by atoms with Crippen LogP contribution in [0.3, 0.4) is 0 Å². The molecular weight excluding hydrogens is 291 g/mol. The summed E-state index contributed by atoms with van der Waals surface area (Å²) < 4.78 is 26.6. The lowest BCUT2D eigenvalue weighted by Gasteiger charge is -2.14. The van der Waals surface area contributed by atoms with Crippen molar-refractivity contribution in [1.29, 1.82) is 0 Å². The summed E-state index contributed by atoms with van der Waals surface area (Å²) in [5.74, 6) is -0.877. The van der Waals surface area contributed by atoms with Gasteiger partial charge in [-0.2, -0.15) is 0 Å². The molecule has 0 radical (unpaired) electrons. The molecule has 100 valence electrons. The predicted molar refractivity (Wildman–Crippen MR) is 73.5 cm³/mol. The summed E-state index contributed by atoms with van der Waals surface area (Å²) in [6, 6.07) is 7.81. The molecule has 2 rings (SSSR count). The topological polar surface area (TPSA) is 26.0 Å². The number of rotatable bonds is 3. The van der Waals surface area contributed by atoms with Gasteiger partial charge in [0.1, 0.15) is 11.6 Å². The molecule has 0 bridgehead atoms. The van der Waals surface area contributed by atoms with Crippen LogP contribution in [0.2, 0.25) is 10.0 Å². The van der Waals surface area contributed by atoms with Gasteiger partial charge in [-0.15, -0.1) is 0 Å². The van der Waals surface area contributed by atoms with Crippen LogP contribution in [0.15, 0.2) is 36.4 Å². The van der Waals surface area contributed by atoms with Crippen molar-refractivity contribution < 1.29 is 8.78 Å². The van der Waals surface area contributed by atoms with Crippen LogP contribution in [-0.2, 0) is 6.42 Å². The lowest BCUT2D eigenvalue weighted by molar-refractivity contribution is 0.579. The van der Waals surface area contributed by atoms with Crippen molar-refractivity contribution in [2.45, 2.75) is 12.5 Å². The fourth-order valence-corrected chi connectivity index (χ4v) is 2.24. The smallest absolute Gasteiger partial charge is 0.129 e. The molecule has 2 aromatic carbocycles. The molecule has 0 aromatic heterocycles. The van der Waals surface area contributed by atoms with Crippen molar-refractivity contribution in [3.05, 3.63) is 69.2 Å². The van der Waals surface area contributed by atoms with Crippen molar-refractivity contribution in [3.63, 3.8) is 0 Å². The lowest BCUT2D eigenvalue weighted by atomic mass is 9.99. The standard InChI is InChI=1S/C14H11Cl2F2N/c15-9-2-4-11(13(18)6-9)14(19)5-8-1-3-10(17)7-12(8)16/h1-4,6-7,14H,5,19H2. The predicted octanol–water partition coefficient (Wildman–Crippen LogP) is 4.51. The zero-order chi connectivity index (χ0) is 14.0. The monoisotopic (exact) mass is 301 g/mol. The average molecular weight is 302 g/mol. The molecule has 5 heteroatoms. The molecule has 1 unspecified atom stereocenters. The Hall–Kier alpha value is -1.16. The fourth-order valence-electron chi connectivity index (χ4n) is 1.84.